The fraction of sp³-hybridized carbons (Fsp3) is 0.605. The van der Waals surface area contributed by atoms with Gasteiger partial charge in [0.1, 0.15) is 59.9 Å². The van der Waals surface area contributed by atoms with E-state index in [-0.39, 0.29) is 56.2 Å². The number of likely N-dealkylation sites (N-methyl/N-ethyl adjacent to an activating group) is 7. The lowest BCUT2D eigenvalue weighted by Gasteiger charge is -2.45. The second-order valence-corrected chi connectivity index (χ2v) is 29.7. The van der Waals surface area contributed by atoms with Gasteiger partial charge in [-0.15, -0.1) is 0 Å². The minimum Gasteiger partial charge on any atom is -0.343 e. The molecule has 3 heterocycles. The van der Waals surface area contributed by atoms with Gasteiger partial charge in [-0.25, -0.2) is 0 Å². The number of fused-ring (bicyclic) bond motifs is 1. The molecule has 12 amide bonds. The minimum atomic E-state index is -4.83. The highest BCUT2D eigenvalue weighted by molar-refractivity contribution is 6.31. The highest BCUT2D eigenvalue weighted by atomic mass is 35.5. The largest absolute Gasteiger partial charge is 0.417 e. The maximum Gasteiger partial charge on any atom is 0.417 e. The molecule has 11 atom stereocenters. The maximum atomic E-state index is 15.7. The fourth-order valence-corrected chi connectivity index (χ4v) is 14.7. The Hall–Kier alpha value is -8.83. The lowest BCUT2D eigenvalue weighted by atomic mass is 9.90. The van der Waals surface area contributed by atoms with Crippen molar-refractivity contribution in [2.45, 2.75) is 210 Å². The Labute approximate surface area is 626 Å². The molecule has 4 fully saturated rings. The number of hydrogen-bond donors (Lipinski definition) is 3. The normalized spacial score (nSPS) is 25.5. The van der Waals surface area contributed by atoms with Crippen LogP contribution in [0.15, 0.2) is 72.8 Å². The predicted molar refractivity (Wildman–Crippen MR) is 386 cm³/mol. The van der Waals surface area contributed by atoms with Crippen LogP contribution in [0.1, 0.15) is 146 Å². The van der Waals surface area contributed by atoms with E-state index in [2.05, 4.69) is 16.0 Å². The third-order valence-electron chi connectivity index (χ3n) is 22.2. The van der Waals surface area contributed by atoms with Crippen molar-refractivity contribution < 1.29 is 83.9 Å². The molecule has 3 aliphatic heterocycles. The van der Waals surface area contributed by atoms with E-state index in [9.17, 15) is 59.9 Å². The number of carbonyl (C=O) groups excluding carboxylic acids is 12. The average molecular weight is 1530 g/mol. The van der Waals surface area contributed by atoms with Gasteiger partial charge in [0.2, 0.25) is 70.9 Å². The quantitative estimate of drug-likeness (QED) is 0.159. The highest BCUT2D eigenvalue weighted by Gasteiger charge is 2.51. The molecule has 4 aliphatic rings. The second kappa shape index (κ2) is 36.4. The number of alkyl halides is 6. The van der Waals surface area contributed by atoms with E-state index in [0.717, 1.165) is 78.3 Å². The summed E-state index contributed by atoms with van der Waals surface area (Å²) in [6, 6.07) is 2.55. The number of hydrogen-bond acceptors (Lipinski definition) is 12. The Bertz CT molecular complexity index is 3730. The second-order valence-electron chi connectivity index (χ2n) is 29.3. The third kappa shape index (κ3) is 20.3. The van der Waals surface area contributed by atoms with E-state index in [1.807, 2.05) is 0 Å². The lowest BCUT2D eigenvalue weighted by molar-refractivity contribution is -0.160. The summed E-state index contributed by atoms with van der Waals surface area (Å²) in [5.74, 6) is -10.6. The van der Waals surface area contributed by atoms with Gasteiger partial charge in [0.05, 0.1) is 29.1 Å². The van der Waals surface area contributed by atoms with Crippen LogP contribution in [0.3, 0.4) is 0 Å². The first-order valence-electron chi connectivity index (χ1n) is 36.6. The smallest absolute Gasteiger partial charge is 0.343 e. The third-order valence-corrected chi connectivity index (χ3v) is 22.5. The monoisotopic (exact) mass is 1520 g/mol. The van der Waals surface area contributed by atoms with E-state index in [4.69, 9.17) is 11.6 Å². The predicted octanol–water partition coefficient (Wildman–Crippen LogP) is 6.76. The number of amides is 12. The number of likely N-dealkylation sites (tertiary alicyclic amines) is 1. The summed E-state index contributed by atoms with van der Waals surface area (Å²) in [7, 11) is 9.18. The zero-order valence-corrected chi connectivity index (χ0v) is 64.0. The summed E-state index contributed by atoms with van der Waals surface area (Å²) in [6.07, 6.45) is -7.63. The van der Waals surface area contributed by atoms with Crippen molar-refractivity contribution in [1.29, 1.82) is 0 Å². The van der Waals surface area contributed by atoms with Gasteiger partial charge in [-0.2, -0.15) is 26.3 Å². The standard InChI is InChI=1S/C76H103ClF6N12O12/c1-14-45(3)62-71(105)89(9)48(6)66(100)95-39-34-56(95)69(103)91(11)58(42-51-26-30-52(31-27-51)75(78,79)80)68(102)87(7)44-60(96)84-55(33-29-50-28-32-53(54(77)40-50)76(81,82)83)67(101)90(10)57(41-49-24-18-16-19-25-49)65(99)86-74(35-20-21-36-74)73(107)93(13)63(46(4)15-2)72(106)92(12)59(70(104)94-37-22-17-23-38-94)43-61(97)88(8)47(5)64(98)85-62/h16,18-19,24-28,30-32,40,45-48,55-59,62-63H,14-15,17,20-23,29,33-39,41-44H2,1-13H3,(H,84,96)(H,85,98)(H,86,99)/t45-,46-,47-,48-,55-,56?,57+,58-,59-,62-,63-/m0/s1. The van der Waals surface area contributed by atoms with E-state index in [1.165, 1.54) is 73.0 Å². The molecule has 24 nitrogen and oxygen atoms in total. The highest BCUT2D eigenvalue weighted by Crippen LogP contribution is 2.37. The molecule has 3 aromatic carbocycles. The minimum absolute atomic E-state index is 0.000511. The molecular formula is C76H103ClF6N12O12. The molecule has 3 N–H and O–H groups in total. The molecule has 1 aliphatic carbocycles. The van der Waals surface area contributed by atoms with Crippen molar-refractivity contribution in [1.82, 2.24) is 60.0 Å². The van der Waals surface area contributed by atoms with Crippen LogP contribution in [0.4, 0.5) is 26.3 Å². The van der Waals surface area contributed by atoms with Crippen LogP contribution in [-0.2, 0) is 89.1 Å². The number of carbonyl (C=O) groups is 12. The van der Waals surface area contributed by atoms with Gasteiger partial charge in [-0.1, -0.05) is 114 Å². The number of halogens is 7. The first-order chi connectivity index (χ1) is 50.2. The molecule has 1 saturated carbocycles. The van der Waals surface area contributed by atoms with Crippen molar-refractivity contribution >= 4 is 82.5 Å². The summed E-state index contributed by atoms with van der Waals surface area (Å²) >= 11 is 6.17. The SMILES string of the molecule is CC[C@H](C)[C@@H]1NC(=O)[C@H](C)N(C)C(=O)C[C@@H](C(=O)N2CCCCC2)N(C)C(=O)[C@H]([C@@H](C)CC)N(C)C(=O)C2(CCCC2)NC(=O)[C@@H](Cc2ccccc2)N(C)C(=O)[C@H](CCc2ccc(C(F)(F)F)c(Cl)c2)NC(=O)CN(C)C(=O)[C@H](Cc2ccc(C(F)(F)F)cc2)N(C)C(=O)C2CCN2C(=O)[C@H](C)N(C)C1=O. The number of benzene rings is 3. The molecule has 31 heteroatoms. The molecule has 0 bridgehead atoms. The summed E-state index contributed by atoms with van der Waals surface area (Å²) in [6.45, 7) is 9.63. The number of piperidine rings is 1. The molecule has 7 rings (SSSR count). The van der Waals surface area contributed by atoms with Crippen LogP contribution in [-0.4, -0.2) is 250 Å². The Morgan fingerprint density at radius 1 is 0.579 bits per heavy atom. The number of aryl methyl sites for hydroxylation is 1. The van der Waals surface area contributed by atoms with Gasteiger partial charge in [0, 0.05) is 81.8 Å². The topological polar surface area (TPSA) is 270 Å². The first kappa shape index (κ1) is 85.4. The van der Waals surface area contributed by atoms with Crippen molar-refractivity contribution in [3.8, 4) is 0 Å². The van der Waals surface area contributed by atoms with Crippen LogP contribution in [0.5, 0.6) is 0 Å². The molecule has 1 spiro atoms. The van der Waals surface area contributed by atoms with Crippen molar-refractivity contribution in [2.75, 3.05) is 75.5 Å². The van der Waals surface area contributed by atoms with E-state index >= 15 is 24.0 Å². The number of nitrogens with one attached hydrogen (secondary N) is 3. The van der Waals surface area contributed by atoms with Crippen LogP contribution in [0, 0.1) is 11.8 Å². The van der Waals surface area contributed by atoms with Crippen LogP contribution >= 0.6 is 11.6 Å². The van der Waals surface area contributed by atoms with Crippen molar-refractivity contribution in [2.24, 2.45) is 11.8 Å². The first-order valence-corrected chi connectivity index (χ1v) is 37.0. The van der Waals surface area contributed by atoms with Crippen molar-refractivity contribution in [3.63, 3.8) is 0 Å². The fourth-order valence-electron chi connectivity index (χ4n) is 14.4. The van der Waals surface area contributed by atoms with Gasteiger partial charge in [0.25, 0.3) is 0 Å². The zero-order valence-electron chi connectivity index (χ0n) is 63.3. The Morgan fingerprint density at radius 3 is 1.72 bits per heavy atom. The molecule has 3 aromatic rings. The molecule has 3 saturated heterocycles. The van der Waals surface area contributed by atoms with Crippen LogP contribution < -0.4 is 16.0 Å². The van der Waals surface area contributed by atoms with Gasteiger partial charge in [-0.05, 0) is 118 Å². The lowest BCUT2D eigenvalue weighted by Crippen LogP contribution is -2.65. The van der Waals surface area contributed by atoms with Gasteiger partial charge >= 0.3 is 12.4 Å². The Balaban J connectivity index is 1.34. The van der Waals surface area contributed by atoms with E-state index in [0.29, 0.717) is 57.2 Å². The van der Waals surface area contributed by atoms with Gasteiger partial charge < -0.3 is 60.0 Å². The number of nitrogens with zero attached hydrogens (tertiary/aromatic N) is 9. The Morgan fingerprint density at radius 2 is 1.16 bits per heavy atom. The van der Waals surface area contributed by atoms with Crippen LogP contribution in [0.25, 0.3) is 0 Å². The summed E-state index contributed by atoms with van der Waals surface area (Å²) in [5, 5.41) is 7.79. The molecular weight excluding hydrogens is 1420 g/mol. The van der Waals surface area contributed by atoms with Gasteiger partial charge in [-0.3, -0.25) is 57.5 Å². The number of rotatable bonds is 12. The summed E-state index contributed by atoms with van der Waals surface area (Å²) in [5.41, 5.74) is -3.01. The molecule has 588 valence electrons. The van der Waals surface area contributed by atoms with Crippen molar-refractivity contribution in [3.05, 3.63) is 106 Å². The summed E-state index contributed by atoms with van der Waals surface area (Å²) < 4.78 is 83.6. The average Bonchev–Trinajstić information content (AvgIpc) is 1.72. The zero-order chi connectivity index (χ0) is 79.5. The van der Waals surface area contributed by atoms with E-state index in [1.54, 1.807) is 62.9 Å². The molecule has 0 radical (unpaired) electrons. The molecule has 1 unspecified atom stereocenters. The summed E-state index contributed by atoms with van der Waals surface area (Å²) in [4.78, 5) is 191. The van der Waals surface area contributed by atoms with Gasteiger partial charge in [0.15, 0.2) is 0 Å². The molecule has 107 heavy (non-hydrogen) atoms. The van der Waals surface area contributed by atoms with E-state index < -0.39 is 191 Å². The molecule has 0 aromatic heterocycles. The Kier molecular flexibility index (Phi) is 29.0. The maximum absolute atomic E-state index is 15.7. The van der Waals surface area contributed by atoms with Crippen LogP contribution in [0.2, 0.25) is 5.02 Å².